The van der Waals surface area contributed by atoms with E-state index < -0.39 is 12.2 Å². The molecule has 4 aromatic rings. The predicted molar refractivity (Wildman–Crippen MR) is 135 cm³/mol. The van der Waals surface area contributed by atoms with Gasteiger partial charge in [0.1, 0.15) is 23.7 Å². The van der Waals surface area contributed by atoms with Crippen molar-refractivity contribution in [1.29, 1.82) is 0 Å². The van der Waals surface area contributed by atoms with Crippen LogP contribution in [0.5, 0.6) is 11.5 Å². The first kappa shape index (κ1) is 22.6. The highest BCUT2D eigenvalue weighted by atomic mass is 16.6. The zero-order chi connectivity index (χ0) is 24.3. The van der Waals surface area contributed by atoms with Crippen molar-refractivity contribution in [1.82, 2.24) is 10.3 Å². The van der Waals surface area contributed by atoms with Crippen LogP contribution in [0.3, 0.4) is 0 Å². The van der Waals surface area contributed by atoms with Gasteiger partial charge in [-0.3, -0.25) is 5.32 Å². The summed E-state index contributed by atoms with van der Waals surface area (Å²) in [4.78, 5) is 15.8. The van der Waals surface area contributed by atoms with E-state index in [1.54, 1.807) is 24.3 Å². The van der Waals surface area contributed by atoms with E-state index >= 15 is 0 Å². The molecule has 0 saturated carbocycles. The minimum atomic E-state index is -0.542. The lowest BCUT2D eigenvalue weighted by molar-refractivity contribution is 0.00855. The molecule has 36 heavy (non-hydrogen) atoms. The number of carbonyl (C=O) groups is 1. The molecular weight excluding hydrogens is 458 g/mol. The monoisotopic (exact) mass is 485 g/mol. The summed E-state index contributed by atoms with van der Waals surface area (Å²) >= 11 is 0. The highest BCUT2D eigenvalue weighted by molar-refractivity contribution is 5.85. The van der Waals surface area contributed by atoms with Gasteiger partial charge in [0.15, 0.2) is 6.10 Å². The van der Waals surface area contributed by atoms with Crippen LogP contribution < -0.4 is 15.4 Å². The molecule has 2 saturated heterocycles. The number of nitrogens with one attached hydrogen (secondary N) is 3. The standard InChI is InChI=1S/C28H27N3O5/c32-28(31-19-10-12-21(13-11-19)35-20-6-2-1-3-7-20)36-25-17-34-26-24(16-33-27(25)26)30-15-18-14-29-23-9-5-4-8-22(18)23/h1-14,24-27,29-30H,15-17H2,(H,31,32)/t24-,25+,26+,27+/m0/s1. The molecule has 4 atom stereocenters. The van der Waals surface area contributed by atoms with Crippen LogP contribution in [-0.4, -0.2) is 48.6 Å². The zero-order valence-electron chi connectivity index (χ0n) is 19.6. The van der Waals surface area contributed by atoms with Crippen LogP contribution in [0, 0.1) is 0 Å². The summed E-state index contributed by atoms with van der Waals surface area (Å²) in [7, 11) is 0. The van der Waals surface area contributed by atoms with E-state index in [2.05, 4.69) is 27.8 Å². The third-order valence-corrected chi connectivity index (χ3v) is 6.58. The number of aromatic nitrogens is 1. The van der Waals surface area contributed by atoms with Crippen molar-refractivity contribution < 1.29 is 23.7 Å². The molecule has 3 heterocycles. The Balaban J connectivity index is 0.997. The number of carbonyl (C=O) groups excluding carboxylic acids is 1. The maximum Gasteiger partial charge on any atom is 0.412 e. The van der Waals surface area contributed by atoms with Crippen molar-refractivity contribution in [2.24, 2.45) is 0 Å². The van der Waals surface area contributed by atoms with Crippen molar-refractivity contribution in [3.05, 3.63) is 90.6 Å². The molecule has 3 aromatic carbocycles. The first-order valence-corrected chi connectivity index (χ1v) is 12.0. The van der Waals surface area contributed by atoms with Crippen molar-refractivity contribution in [3.8, 4) is 11.5 Å². The maximum atomic E-state index is 12.5. The highest BCUT2D eigenvalue weighted by Gasteiger charge is 2.49. The van der Waals surface area contributed by atoms with Crippen LogP contribution in [0.2, 0.25) is 0 Å². The Bertz CT molecular complexity index is 1320. The van der Waals surface area contributed by atoms with Gasteiger partial charge in [-0.2, -0.15) is 0 Å². The van der Waals surface area contributed by atoms with Crippen molar-refractivity contribution in [3.63, 3.8) is 0 Å². The Kier molecular flexibility index (Phi) is 6.29. The van der Waals surface area contributed by atoms with Gasteiger partial charge in [-0.05, 0) is 48.0 Å². The number of rotatable bonds is 7. The number of hydrogen-bond acceptors (Lipinski definition) is 6. The fourth-order valence-corrected chi connectivity index (χ4v) is 4.77. The van der Waals surface area contributed by atoms with Gasteiger partial charge >= 0.3 is 6.09 Å². The van der Waals surface area contributed by atoms with E-state index in [0.29, 0.717) is 31.2 Å². The topological polar surface area (TPSA) is 93.8 Å². The van der Waals surface area contributed by atoms with Gasteiger partial charge in [0.25, 0.3) is 0 Å². The normalized spacial score (nSPS) is 22.9. The van der Waals surface area contributed by atoms with E-state index in [4.69, 9.17) is 18.9 Å². The van der Waals surface area contributed by atoms with Gasteiger partial charge in [0.2, 0.25) is 0 Å². The molecule has 0 unspecified atom stereocenters. The first-order valence-electron chi connectivity index (χ1n) is 12.0. The molecule has 2 fully saturated rings. The van der Waals surface area contributed by atoms with Gasteiger partial charge in [0, 0.05) is 29.3 Å². The van der Waals surface area contributed by atoms with Gasteiger partial charge in [0.05, 0.1) is 19.3 Å². The number of hydrogen-bond donors (Lipinski definition) is 3. The van der Waals surface area contributed by atoms with Crippen LogP contribution in [0.4, 0.5) is 10.5 Å². The molecule has 8 nitrogen and oxygen atoms in total. The number of ether oxygens (including phenoxy) is 4. The van der Waals surface area contributed by atoms with Crippen LogP contribution >= 0.6 is 0 Å². The zero-order valence-corrected chi connectivity index (χ0v) is 19.6. The van der Waals surface area contributed by atoms with Crippen LogP contribution in [0.25, 0.3) is 10.9 Å². The van der Waals surface area contributed by atoms with Crippen LogP contribution in [0.1, 0.15) is 5.56 Å². The molecule has 1 amide bonds. The largest absolute Gasteiger partial charge is 0.457 e. The molecule has 0 radical (unpaired) electrons. The summed E-state index contributed by atoms with van der Waals surface area (Å²) in [5, 5.41) is 7.51. The van der Waals surface area contributed by atoms with E-state index in [1.165, 1.54) is 10.9 Å². The summed E-state index contributed by atoms with van der Waals surface area (Å²) in [5.74, 6) is 1.43. The molecule has 0 aliphatic carbocycles. The lowest BCUT2D eigenvalue weighted by Crippen LogP contribution is -2.41. The number of H-pyrrole nitrogens is 1. The van der Waals surface area contributed by atoms with Gasteiger partial charge in [-0.15, -0.1) is 0 Å². The van der Waals surface area contributed by atoms with Crippen LogP contribution in [-0.2, 0) is 20.8 Å². The summed E-state index contributed by atoms with van der Waals surface area (Å²) < 4.78 is 23.4. The molecule has 1 aromatic heterocycles. The number of fused-ring (bicyclic) bond motifs is 2. The molecule has 6 rings (SSSR count). The summed E-state index contributed by atoms with van der Waals surface area (Å²) in [6.45, 7) is 1.50. The summed E-state index contributed by atoms with van der Waals surface area (Å²) in [6.07, 6.45) is 0.562. The molecule has 8 heteroatoms. The number of para-hydroxylation sites is 2. The second kappa shape index (κ2) is 10.0. The first-order chi connectivity index (χ1) is 17.7. The fourth-order valence-electron chi connectivity index (χ4n) is 4.77. The fraction of sp³-hybridized carbons (Fsp3) is 0.250. The van der Waals surface area contributed by atoms with Crippen molar-refractivity contribution in [2.75, 3.05) is 18.5 Å². The maximum absolute atomic E-state index is 12.5. The molecule has 3 N–H and O–H groups in total. The lowest BCUT2D eigenvalue weighted by Gasteiger charge is -2.18. The van der Waals surface area contributed by atoms with E-state index in [-0.39, 0.29) is 18.2 Å². The Morgan fingerprint density at radius 3 is 2.50 bits per heavy atom. The Labute approximate surface area is 208 Å². The minimum absolute atomic E-state index is 0.0254. The average Bonchev–Trinajstić information content (AvgIpc) is 3.61. The second-order valence-electron chi connectivity index (χ2n) is 8.95. The quantitative estimate of drug-likeness (QED) is 0.347. The van der Waals surface area contributed by atoms with Crippen molar-refractivity contribution in [2.45, 2.75) is 30.9 Å². The van der Waals surface area contributed by atoms with Crippen LogP contribution in [0.15, 0.2) is 85.1 Å². The molecular formula is C28H27N3O5. The molecule has 0 bridgehead atoms. The van der Waals surface area contributed by atoms with E-state index in [0.717, 1.165) is 11.3 Å². The average molecular weight is 486 g/mol. The van der Waals surface area contributed by atoms with Gasteiger partial charge in [-0.25, -0.2) is 4.79 Å². The highest BCUT2D eigenvalue weighted by Crippen LogP contribution is 2.30. The van der Waals surface area contributed by atoms with Gasteiger partial charge < -0.3 is 29.2 Å². The third-order valence-electron chi connectivity index (χ3n) is 6.58. The van der Waals surface area contributed by atoms with E-state index in [1.807, 2.05) is 48.7 Å². The Morgan fingerprint density at radius 2 is 1.64 bits per heavy atom. The Hall–Kier alpha value is -3.85. The lowest BCUT2D eigenvalue weighted by atomic mass is 10.1. The molecule has 2 aliphatic rings. The Morgan fingerprint density at radius 1 is 0.889 bits per heavy atom. The second-order valence-corrected chi connectivity index (χ2v) is 8.95. The number of benzene rings is 3. The number of aromatic amines is 1. The smallest absolute Gasteiger partial charge is 0.412 e. The number of anilines is 1. The van der Waals surface area contributed by atoms with E-state index in [9.17, 15) is 4.79 Å². The number of amides is 1. The SMILES string of the molecule is O=C(Nc1ccc(Oc2ccccc2)cc1)O[C@@H]1CO[C@H]2[C@@H]1OC[C@@H]2NCc1c[nH]c2ccccc12. The minimum Gasteiger partial charge on any atom is -0.457 e. The predicted octanol–water partition coefficient (Wildman–Crippen LogP) is 4.83. The summed E-state index contributed by atoms with van der Waals surface area (Å²) in [6, 6.07) is 24.9. The molecule has 184 valence electrons. The molecule has 0 spiro atoms. The van der Waals surface area contributed by atoms with Gasteiger partial charge in [-0.1, -0.05) is 36.4 Å². The third kappa shape index (κ3) is 4.79. The van der Waals surface area contributed by atoms with Crippen molar-refractivity contribution >= 4 is 22.7 Å². The summed E-state index contributed by atoms with van der Waals surface area (Å²) in [5.41, 5.74) is 2.92. The molecule has 2 aliphatic heterocycles.